The van der Waals surface area contributed by atoms with E-state index in [0.29, 0.717) is 0 Å². The van der Waals surface area contributed by atoms with E-state index in [9.17, 15) is 0 Å². The molecule has 0 atom stereocenters. The van der Waals surface area contributed by atoms with Crippen LogP contribution in [0.5, 0.6) is 0 Å². The second-order valence-electron chi connectivity index (χ2n) is 0. The van der Waals surface area contributed by atoms with Crippen LogP contribution in [0, 0.1) is 0 Å². The number of halogens is 6. The van der Waals surface area contributed by atoms with Crippen LogP contribution in [0.2, 0.25) is 0 Å². The first kappa shape index (κ1) is 1000. The predicted octanol–water partition coefficient (Wildman–Crippen LogP) is -2.35. The zero-order valence-electron chi connectivity index (χ0n) is 4.95. The molecule has 4 radical (unpaired) electrons. The Morgan fingerprint density at radius 1 is 0.500 bits per heavy atom. The van der Waals surface area contributed by atoms with Gasteiger partial charge in [-0.15, -0.1) is 0 Å². The Hall–Kier alpha value is 0.720. The molecule has 0 amide bonds. The fraction of sp³-hybridized carbons (Fsp3) is 0. The molecule has 0 saturated carbocycles. The van der Waals surface area contributed by atoms with Gasteiger partial charge < -0.3 is 1.43 Å². The SMILES string of the molecule is F.F.F.F.F.F.[Ge].[H-].[Li+]. The minimum Gasteiger partial charge on any atom is -1.00 e. The topological polar surface area (TPSA) is 0 Å². The quantitative estimate of drug-likeness (QED) is 0.304. The van der Waals surface area contributed by atoms with E-state index >= 15 is 0 Å². The number of hydrogen-bond acceptors (Lipinski definition) is 0. The van der Waals surface area contributed by atoms with Gasteiger partial charge in [0, 0.05) is 17.6 Å². The van der Waals surface area contributed by atoms with E-state index < -0.39 is 0 Å². The van der Waals surface area contributed by atoms with Crippen LogP contribution in [0.15, 0.2) is 0 Å². The fourth-order valence-electron chi connectivity index (χ4n) is 0. The molecule has 54 valence electrons. The molecule has 0 aliphatic carbocycles. The van der Waals surface area contributed by atoms with Gasteiger partial charge in [-0.2, -0.15) is 0 Å². The number of rotatable bonds is 0. The van der Waals surface area contributed by atoms with E-state index in [1.807, 2.05) is 0 Å². The maximum atomic E-state index is 0. The van der Waals surface area contributed by atoms with Crippen LogP contribution in [0.3, 0.4) is 0 Å². The zero-order valence-corrected chi connectivity index (χ0v) is 6.05. The van der Waals surface area contributed by atoms with E-state index in [-0.39, 0.29) is 66.1 Å². The van der Waals surface area contributed by atoms with Crippen LogP contribution >= 0.6 is 0 Å². The Morgan fingerprint density at radius 3 is 0.500 bits per heavy atom. The minimum absolute atomic E-state index is 0. The molecule has 0 aromatic carbocycles. The van der Waals surface area contributed by atoms with Gasteiger partial charge in [-0.05, 0) is 0 Å². The monoisotopic (exact) mass is 202 g/mol. The Morgan fingerprint density at radius 2 is 0.500 bits per heavy atom. The normalized spacial score (nSPS) is 0. The molecule has 0 aromatic rings. The van der Waals surface area contributed by atoms with Crippen molar-refractivity contribution in [2.24, 2.45) is 0 Å². The van der Waals surface area contributed by atoms with Crippen LogP contribution in [0.25, 0.3) is 0 Å². The predicted molar refractivity (Wildman–Crippen MR) is 21.9 cm³/mol. The van der Waals surface area contributed by atoms with Crippen molar-refractivity contribution in [2.75, 3.05) is 0 Å². The van der Waals surface area contributed by atoms with Gasteiger partial charge in [-0.3, -0.25) is 28.2 Å². The van der Waals surface area contributed by atoms with Crippen molar-refractivity contribution in [1.82, 2.24) is 0 Å². The molecule has 0 aromatic heterocycles. The Kier molecular flexibility index (Phi) is 84200. The first-order valence-electron chi connectivity index (χ1n) is 0. The van der Waals surface area contributed by atoms with E-state index in [1.165, 1.54) is 0 Å². The molecule has 0 N–H and O–H groups in total. The Balaban J connectivity index is 0. The summed E-state index contributed by atoms with van der Waals surface area (Å²) in [6.45, 7) is 0. The number of hydrogen-bond donors (Lipinski definition) is 0. The summed E-state index contributed by atoms with van der Waals surface area (Å²) in [5.74, 6) is 0. The molecule has 0 nitrogen and oxygen atoms in total. The van der Waals surface area contributed by atoms with Crippen LogP contribution in [-0.4, -0.2) is 17.6 Å². The van der Waals surface area contributed by atoms with Gasteiger partial charge >= 0.3 is 18.9 Å². The molecule has 0 heterocycles. The van der Waals surface area contributed by atoms with Crippen molar-refractivity contribution >= 4 is 17.6 Å². The van der Waals surface area contributed by atoms with E-state index in [1.54, 1.807) is 0 Å². The fourth-order valence-corrected chi connectivity index (χ4v) is 0. The van der Waals surface area contributed by atoms with Crippen LogP contribution in [0.1, 0.15) is 1.43 Å². The van der Waals surface area contributed by atoms with Gasteiger partial charge in [0.05, 0.1) is 0 Å². The third kappa shape index (κ3) is 424. The minimum atomic E-state index is 0. The van der Waals surface area contributed by atoms with E-state index in [4.69, 9.17) is 0 Å². The largest absolute Gasteiger partial charge is 1.00 e. The molecule has 0 unspecified atom stereocenters. The van der Waals surface area contributed by atoms with Gasteiger partial charge in [-0.1, -0.05) is 0 Å². The molecule has 0 bridgehead atoms. The molecule has 0 rings (SSSR count). The third-order valence-electron chi connectivity index (χ3n) is 0. The van der Waals surface area contributed by atoms with E-state index in [0.717, 1.165) is 0 Å². The van der Waals surface area contributed by atoms with Crippen LogP contribution in [-0.2, 0) is 0 Å². The van der Waals surface area contributed by atoms with Crippen molar-refractivity contribution < 1.29 is 48.5 Å². The van der Waals surface area contributed by atoms with Gasteiger partial charge in [0.1, 0.15) is 0 Å². The Bertz CT molecular complexity index is 13.0. The molecule has 0 saturated heterocycles. The van der Waals surface area contributed by atoms with Crippen molar-refractivity contribution in [3.05, 3.63) is 0 Å². The van der Waals surface area contributed by atoms with Crippen molar-refractivity contribution in [3.63, 3.8) is 0 Å². The second kappa shape index (κ2) is 672. The van der Waals surface area contributed by atoms with Crippen molar-refractivity contribution in [1.29, 1.82) is 0 Å². The van der Waals surface area contributed by atoms with Crippen LogP contribution < -0.4 is 18.9 Å². The third-order valence-corrected chi connectivity index (χ3v) is 0. The van der Waals surface area contributed by atoms with Crippen LogP contribution in [0.4, 0.5) is 28.2 Å². The molecule has 8 heteroatoms. The van der Waals surface area contributed by atoms with Gasteiger partial charge in [0.15, 0.2) is 0 Å². The van der Waals surface area contributed by atoms with Gasteiger partial charge in [-0.25, -0.2) is 0 Å². The summed E-state index contributed by atoms with van der Waals surface area (Å²) in [5.41, 5.74) is 0. The molecule has 0 fully saturated rings. The molecule has 0 spiro atoms. The summed E-state index contributed by atoms with van der Waals surface area (Å²) in [7, 11) is 0. The summed E-state index contributed by atoms with van der Waals surface area (Å²) in [6.07, 6.45) is 0. The molecular formula is H7F6GeLi. The summed E-state index contributed by atoms with van der Waals surface area (Å²) in [5, 5.41) is 0. The summed E-state index contributed by atoms with van der Waals surface area (Å²) >= 11 is 0. The molecule has 0 aliphatic heterocycles. The maximum Gasteiger partial charge on any atom is 1.00 e. The smallest absolute Gasteiger partial charge is 1.00 e. The first-order chi connectivity index (χ1) is 0. The van der Waals surface area contributed by atoms with Crippen molar-refractivity contribution in [3.8, 4) is 0 Å². The molecule has 8 heavy (non-hydrogen) atoms. The van der Waals surface area contributed by atoms with Gasteiger partial charge in [0.25, 0.3) is 0 Å². The summed E-state index contributed by atoms with van der Waals surface area (Å²) in [6, 6.07) is 0. The van der Waals surface area contributed by atoms with Gasteiger partial charge in [0.2, 0.25) is 0 Å². The first-order valence-corrected chi connectivity index (χ1v) is 0. The second-order valence-corrected chi connectivity index (χ2v) is 0. The standard InChI is InChI=1S/6FH.Ge.Li.H/h6*1H;;;/q;;;;;;;+1;-1. The maximum absolute atomic E-state index is 0. The molecule has 0 aliphatic rings. The van der Waals surface area contributed by atoms with Crippen molar-refractivity contribution in [2.45, 2.75) is 0 Å². The average molecular weight is 201 g/mol. The summed E-state index contributed by atoms with van der Waals surface area (Å²) in [4.78, 5) is 0. The zero-order chi connectivity index (χ0) is 0. The Labute approximate surface area is 66.6 Å². The molecular weight excluding hydrogens is 194 g/mol. The average Bonchev–Trinajstić information content (AvgIpc) is 0. The van der Waals surface area contributed by atoms with E-state index in [2.05, 4.69) is 0 Å². The summed E-state index contributed by atoms with van der Waals surface area (Å²) < 4.78 is 0.